The molecule has 0 rings (SSSR count). The van der Waals surface area contributed by atoms with Crippen LogP contribution in [0.5, 0.6) is 0 Å². The number of carbonyl (C=O) groups excluding carboxylic acids is 2. The van der Waals surface area contributed by atoms with Crippen molar-refractivity contribution in [1.29, 1.82) is 0 Å². The molecule has 0 fully saturated rings. The summed E-state index contributed by atoms with van der Waals surface area (Å²) in [4.78, 5) is 25.1. The number of carbonyl (C=O) groups is 2. The average Bonchev–Trinajstić information content (AvgIpc) is 2.33. The lowest BCUT2D eigenvalue weighted by Crippen LogP contribution is -2.49. The van der Waals surface area contributed by atoms with Crippen LogP contribution in [0.25, 0.3) is 0 Å². The van der Waals surface area contributed by atoms with Crippen LogP contribution in [-0.4, -0.2) is 67.8 Å². The third-order valence-electron chi connectivity index (χ3n) is 3.24. The number of aliphatic hydroxyl groups is 1. The first kappa shape index (κ1) is 21.7. The van der Waals surface area contributed by atoms with E-state index in [2.05, 4.69) is 25.0 Å². The van der Waals surface area contributed by atoms with Gasteiger partial charge in [-0.25, -0.2) is 9.59 Å². The molecule has 136 valence electrons. The molecule has 1 unspecified atom stereocenters. The number of hydrogen-bond acceptors (Lipinski definition) is 5. The van der Waals surface area contributed by atoms with Crippen molar-refractivity contribution in [3.05, 3.63) is 0 Å². The summed E-state index contributed by atoms with van der Waals surface area (Å²) in [7, 11) is -0.0112. The van der Waals surface area contributed by atoms with Gasteiger partial charge in [0.15, 0.2) is 0 Å². The largest absolute Gasteiger partial charge is 0.450 e. The first-order chi connectivity index (χ1) is 10.3. The number of amides is 2. The zero-order chi connectivity index (χ0) is 18.4. The van der Waals surface area contributed by atoms with Crippen LogP contribution in [-0.2, 0) is 9.47 Å². The number of nitrogens with one attached hydrogen (secondary N) is 1. The lowest BCUT2D eigenvalue weighted by Gasteiger charge is -2.29. The monoisotopic (exact) mass is 348 g/mol. The third kappa shape index (κ3) is 9.45. The van der Waals surface area contributed by atoms with Crippen molar-refractivity contribution in [2.24, 2.45) is 0 Å². The van der Waals surface area contributed by atoms with Crippen LogP contribution in [0.4, 0.5) is 9.59 Å². The maximum atomic E-state index is 12.1. The number of rotatable bonds is 6. The summed E-state index contributed by atoms with van der Waals surface area (Å²) >= 11 is 0. The lowest BCUT2D eigenvalue weighted by atomic mass is 10.2. The number of hydrogen-bond donors (Lipinski definition) is 2. The van der Waals surface area contributed by atoms with Crippen LogP contribution >= 0.6 is 0 Å². The summed E-state index contributed by atoms with van der Waals surface area (Å²) in [5.74, 6) is 0. The van der Waals surface area contributed by atoms with Gasteiger partial charge in [0.1, 0.15) is 5.60 Å². The number of ether oxygens (including phenoxy) is 2. The van der Waals surface area contributed by atoms with E-state index >= 15 is 0 Å². The Morgan fingerprint density at radius 2 is 1.78 bits per heavy atom. The molecule has 0 aromatic rings. The summed E-state index contributed by atoms with van der Waals surface area (Å²) in [6, 6.07) is -0.621. The van der Waals surface area contributed by atoms with Gasteiger partial charge in [-0.3, -0.25) is 0 Å². The second-order valence-corrected chi connectivity index (χ2v) is 13.3. The quantitative estimate of drug-likeness (QED) is 0.719. The minimum Gasteiger partial charge on any atom is -0.450 e. The maximum absolute atomic E-state index is 12.1. The lowest BCUT2D eigenvalue weighted by molar-refractivity contribution is 0.0456. The predicted octanol–water partition coefficient (Wildman–Crippen LogP) is 2.21. The van der Waals surface area contributed by atoms with Gasteiger partial charge in [-0.05, 0) is 27.7 Å². The molecule has 0 aliphatic heterocycles. The Morgan fingerprint density at radius 3 is 2.17 bits per heavy atom. The summed E-state index contributed by atoms with van der Waals surface area (Å²) in [5, 5.41) is 11.9. The molecule has 0 aliphatic carbocycles. The molecule has 7 nitrogen and oxygen atoms in total. The van der Waals surface area contributed by atoms with Gasteiger partial charge in [0.05, 0.1) is 26.4 Å². The Balaban J connectivity index is 4.51. The van der Waals surface area contributed by atoms with E-state index in [0.29, 0.717) is 0 Å². The van der Waals surface area contributed by atoms with Gasteiger partial charge in [-0.15, -0.1) is 0 Å². The number of likely N-dealkylation sites (N-methyl/N-ethyl adjacent to an activating group) is 1. The fourth-order valence-electron chi connectivity index (χ4n) is 1.45. The number of aliphatic hydroxyl groups excluding tert-OH is 1. The topological polar surface area (TPSA) is 88.1 Å². The molecule has 0 radical (unpaired) electrons. The number of nitrogens with zero attached hydrogens (tertiary/aromatic N) is 1. The molecule has 0 saturated carbocycles. The zero-order valence-electron chi connectivity index (χ0n) is 15.6. The highest BCUT2D eigenvalue weighted by Gasteiger charge is 2.28. The second-order valence-electron chi connectivity index (χ2n) is 7.80. The van der Waals surface area contributed by atoms with Crippen molar-refractivity contribution in [2.75, 3.05) is 20.2 Å². The van der Waals surface area contributed by atoms with Crippen LogP contribution < -0.4 is 5.32 Å². The summed E-state index contributed by atoms with van der Waals surface area (Å²) in [5.41, 5.74) is -0.745. The first-order valence-corrected chi connectivity index (χ1v) is 11.4. The second kappa shape index (κ2) is 8.54. The van der Waals surface area contributed by atoms with E-state index in [1.807, 2.05) is 6.92 Å². The van der Waals surface area contributed by atoms with Crippen molar-refractivity contribution < 1.29 is 24.2 Å². The van der Waals surface area contributed by atoms with Gasteiger partial charge in [0.2, 0.25) is 0 Å². The molecular formula is C15H32N2O5Si. The minimum atomic E-state index is -1.58. The van der Waals surface area contributed by atoms with Crippen molar-refractivity contribution in [1.82, 2.24) is 10.2 Å². The van der Waals surface area contributed by atoms with E-state index in [4.69, 9.17) is 9.47 Å². The van der Waals surface area contributed by atoms with Crippen LogP contribution in [0.15, 0.2) is 0 Å². The molecule has 0 aromatic carbocycles. The number of alkyl carbamates (subject to hydrolysis) is 1. The van der Waals surface area contributed by atoms with Crippen LogP contribution in [0.2, 0.25) is 19.6 Å². The highest BCUT2D eigenvalue weighted by Crippen LogP contribution is 2.12. The molecule has 0 aliphatic rings. The molecule has 2 N–H and O–H groups in total. The Morgan fingerprint density at radius 1 is 1.26 bits per heavy atom. The Hall–Kier alpha value is -1.28. The predicted molar refractivity (Wildman–Crippen MR) is 92.2 cm³/mol. The van der Waals surface area contributed by atoms with E-state index in [1.54, 1.807) is 27.8 Å². The van der Waals surface area contributed by atoms with Crippen molar-refractivity contribution >= 4 is 20.3 Å². The van der Waals surface area contributed by atoms with E-state index in [9.17, 15) is 14.7 Å². The zero-order valence-corrected chi connectivity index (χ0v) is 16.6. The van der Waals surface area contributed by atoms with Gasteiger partial charge in [-0.2, -0.15) is 0 Å². The van der Waals surface area contributed by atoms with Crippen LogP contribution in [0.3, 0.4) is 0 Å². The molecule has 8 heteroatoms. The molecule has 23 heavy (non-hydrogen) atoms. The molecule has 0 spiro atoms. The molecular weight excluding hydrogens is 316 g/mol. The first-order valence-electron chi connectivity index (χ1n) is 7.78. The minimum absolute atomic E-state index is 0.121. The average molecular weight is 349 g/mol. The maximum Gasteiger partial charge on any atom is 0.409 e. The van der Waals surface area contributed by atoms with Gasteiger partial charge >= 0.3 is 12.2 Å². The normalized spacial score (nSPS) is 14.7. The SMILES string of the molecule is CC(OC(=O)N(C)C[C@H](CO)NC(=O)OC(C)(C)C)[Si](C)(C)C. The van der Waals surface area contributed by atoms with Crippen molar-refractivity contribution in [3.8, 4) is 0 Å². The van der Waals surface area contributed by atoms with Crippen molar-refractivity contribution in [3.63, 3.8) is 0 Å². The van der Waals surface area contributed by atoms with Gasteiger partial charge < -0.3 is 24.8 Å². The van der Waals surface area contributed by atoms with Gasteiger partial charge in [0, 0.05) is 13.6 Å². The summed E-state index contributed by atoms with van der Waals surface area (Å²) < 4.78 is 10.6. The molecule has 2 amide bonds. The van der Waals surface area contributed by atoms with Gasteiger partial charge in [0.25, 0.3) is 0 Å². The fourth-order valence-corrected chi connectivity index (χ4v) is 1.90. The van der Waals surface area contributed by atoms with E-state index in [1.165, 1.54) is 4.90 Å². The molecule has 0 saturated heterocycles. The Bertz CT molecular complexity index is 404. The summed E-state index contributed by atoms with van der Waals surface area (Å²) in [6.07, 6.45) is -1.10. The Kier molecular flexibility index (Phi) is 8.06. The molecule has 0 heterocycles. The molecule has 0 bridgehead atoms. The standard InChI is InChI=1S/C15H32N2O5Si/c1-11(23(6,7)8)21-14(20)17(5)9-12(10-18)16-13(19)22-15(2,3)4/h11-12,18H,9-10H2,1-8H3,(H,16,19)/t11?,12-/m1/s1. The highest BCUT2D eigenvalue weighted by atomic mass is 28.3. The highest BCUT2D eigenvalue weighted by molar-refractivity contribution is 6.77. The molecule has 2 atom stereocenters. The molecule has 0 aromatic heterocycles. The van der Waals surface area contributed by atoms with Gasteiger partial charge in [-0.1, -0.05) is 19.6 Å². The summed E-state index contributed by atoms with van der Waals surface area (Å²) in [6.45, 7) is 13.3. The smallest absolute Gasteiger partial charge is 0.409 e. The van der Waals surface area contributed by atoms with E-state index in [0.717, 1.165) is 0 Å². The van der Waals surface area contributed by atoms with E-state index < -0.39 is 31.9 Å². The van der Waals surface area contributed by atoms with Crippen molar-refractivity contribution in [2.45, 2.75) is 64.7 Å². The van der Waals surface area contributed by atoms with E-state index in [-0.39, 0.29) is 18.9 Å². The third-order valence-corrected chi connectivity index (χ3v) is 5.80. The van der Waals surface area contributed by atoms with Crippen LogP contribution in [0, 0.1) is 0 Å². The fraction of sp³-hybridized carbons (Fsp3) is 0.867. The van der Waals surface area contributed by atoms with Crippen LogP contribution in [0.1, 0.15) is 27.7 Å². The Labute approximate surface area is 140 Å².